The number of aromatic nitrogens is 2. The van der Waals surface area contributed by atoms with Crippen molar-refractivity contribution in [1.82, 2.24) is 9.97 Å². The van der Waals surface area contributed by atoms with Gasteiger partial charge in [-0.25, -0.2) is 4.98 Å². The molecule has 5 nitrogen and oxygen atoms in total. The van der Waals surface area contributed by atoms with E-state index < -0.39 is 5.60 Å². The van der Waals surface area contributed by atoms with Gasteiger partial charge in [0.15, 0.2) is 0 Å². The molecule has 1 aliphatic carbocycles. The predicted molar refractivity (Wildman–Crippen MR) is 70.4 cm³/mol. The topological polar surface area (TPSA) is 81.0 Å². The van der Waals surface area contributed by atoms with Crippen LogP contribution in [0.5, 0.6) is 0 Å². The van der Waals surface area contributed by atoms with Crippen molar-refractivity contribution < 1.29 is 4.74 Å². The summed E-state index contributed by atoms with van der Waals surface area (Å²) >= 11 is 0. The van der Waals surface area contributed by atoms with Crippen LogP contribution in [0.1, 0.15) is 50.4 Å². The van der Waals surface area contributed by atoms with E-state index in [2.05, 4.69) is 9.97 Å². The minimum atomic E-state index is -0.461. The number of aromatic amines is 1. The monoisotopic (exact) mass is 251 g/mol. The van der Waals surface area contributed by atoms with Gasteiger partial charge in [0.05, 0.1) is 5.56 Å². The van der Waals surface area contributed by atoms with Crippen molar-refractivity contribution in [3.8, 4) is 0 Å². The Balaban J connectivity index is 2.46. The van der Waals surface area contributed by atoms with Gasteiger partial charge in [-0.05, 0) is 19.3 Å². The van der Waals surface area contributed by atoms with Crippen molar-refractivity contribution in [1.29, 1.82) is 0 Å². The van der Waals surface area contributed by atoms with Crippen molar-refractivity contribution in [3.63, 3.8) is 0 Å². The van der Waals surface area contributed by atoms with Gasteiger partial charge in [0.2, 0.25) is 0 Å². The van der Waals surface area contributed by atoms with E-state index in [-0.39, 0.29) is 5.56 Å². The lowest BCUT2D eigenvalue weighted by molar-refractivity contribution is -0.0515. The summed E-state index contributed by atoms with van der Waals surface area (Å²) in [6, 6.07) is 0. The highest BCUT2D eigenvalue weighted by molar-refractivity contribution is 5.38. The first-order valence-electron chi connectivity index (χ1n) is 6.57. The van der Waals surface area contributed by atoms with Crippen LogP contribution in [0.15, 0.2) is 4.79 Å². The van der Waals surface area contributed by atoms with Crippen LogP contribution < -0.4 is 11.3 Å². The Morgan fingerprint density at radius 1 is 1.39 bits per heavy atom. The Bertz CT molecular complexity index is 476. The maximum absolute atomic E-state index is 12.0. The van der Waals surface area contributed by atoms with Gasteiger partial charge in [-0.15, -0.1) is 0 Å². The van der Waals surface area contributed by atoms with E-state index in [4.69, 9.17) is 10.5 Å². The second-order valence-corrected chi connectivity index (χ2v) is 4.89. The van der Waals surface area contributed by atoms with E-state index in [1.165, 1.54) is 6.42 Å². The molecule has 0 atom stereocenters. The van der Waals surface area contributed by atoms with Crippen LogP contribution in [0.25, 0.3) is 0 Å². The molecular weight excluding hydrogens is 230 g/mol. The van der Waals surface area contributed by atoms with Crippen LogP contribution in [0, 0.1) is 0 Å². The van der Waals surface area contributed by atoms with Crippen LogP contribution in [0.2, 0.25) is 0 Å². The van der Waals surface area contributed by atoms with Gasteiger partial charge in [0.1, 0.15) is 17.2 Å². The zero-order valence-electron chi connectivity index (χ0n) is 11.1. The summed E-state index contributed by atoms with van der Waals surface area (Å²) in [4.78, 5) is 19.2. The quantitative estimate of drug-likeness (QED) is 0.857. The summed E-state index contributed by atoms with van der Waals surface area (Å²) < 4.78 is 5.66. The third-order valence-electron chi connectivity index (χ3n) is 3.88. The molecule has 100 valence electrons. The molecule has 1 saturated carbocycles. The molecule has 0 radical (unpaired) electrons. The van der Waals surface area contributed by atoms with Crippen LogP contribution in [0.3, 0.4) is 0 Å². The van der Waals surface area contributed by atoms with Crippen LogP contribution >= 0.6 is 0 Å². The number of hydrogen-bond donors (Lipinski definition) is 2. The first kappa shape index (κ1) is 13.1. The average molecular weight is 251 g/mol. The number of nitrogens with two attached hydrogens (primary N) is 1. The first-order valence-corrected chi connectivity index (χ1v) is 6.57. The van der Waals surface area contributed by atoms with Gasteiger partial charge >= 0.3 is 0 Å². The van der Waals surface area contributed by atoms with Gasteiger partial charge in [0.25, 0.3) is 5.56 Å². The lowest BCUT2D eigenvalue weighted by Gasteiger charge is -2.34. The Morgan fingerprint density at radius 2 is 2.06 bits per heavy atom. The van der Waals surface area contributed by atoms with Crippen molar-refractivity contribution in [2.75, 3.05) is 12.8 Å². The van der Waals surface area contributed by atoms with Crippen molar-refractivity contribution in [2.24, 2.45) is 0 Å². The van der Waals surface area contributed by atoms with Gasteiger partial charge in [-0.2, -0.15) is 0 Å². The van der Waals surface area contributed by atoms with Crippen LogP contribution in [0.4, 0.5) is 5.82 Å². The molecule has 0 aromatic carbocycles. The van der Waals surface area contributed by atoms with E-state index in [1.54, 1.807) is 7.11 Å². The maximum Gasteiger partial charge on any atom is 0.256 e. The number of anilines is 1. The molecule has 1 heterocycles. The summed E-state index contributed by atoms with van der Waals surface area (Å²) in [5, 5.41) is 0. The van der Waals surface area contributed by atoms with Crippen LogP contribution in [-0.2, 0) is 16.8 Å². The molecule has 0 saturated heterocycles. The van der Waals surface area contributed by atoms with E-state index in [0.29, 0.717) is 23.6 Å². The smallest absolute Gasteiger partial charge is 0.256 e. The Kier molecular flexibility index (Phi) is 3.71. The number of rotatable bonds is 3. The summed E-state index contributed by atoms with van der Waals surface area (Å²) in [6.07, 6.45) is 5.75. The molecule has 1 fully saturated rings. The van der Waals surface area contributed by atoms with Crippen molar-refractivity contribution in [3.05, 3.63) is 21.7 Å². The fourth-order valence-electron chi connectivity index (χ4n) is 2.73. The minimum absolute atomic E-state index is 0.137. The molecule has 5 heteroatoms. The lowest BCUT2D eigenvalue weighted by atomic mass is 9.84. The molecule has 18 heavy (non-hydrogen) atoms. The van der Waals surface area contributed by atoms with E-state index in [1.807, 2.05) is 6.92 Å². The predicted octanol–water partition coefficient (Wildman–Crippen LogP) is 1.72. The number of hydrogen-bond acceptors (Lipinski definition) is 4. The van der Waals surface area contributed by atoms with Gasteiger partial charge < -0.3 is 15.5 Å². The molecule has 1 aromatic heterocycles. The van der Waals surface area contributed by atoms with Gasteiger partial charge in [-0.3, -0.25) is 4.79 Å². The van der Waals surface area contributed by atoms with E-state index in [0.717, 1.165) is 25.7 Å². The standard InChI is InChI=1S/C13H21N3O2/c1-3-9-10(14)15-12(16-11(9)17)13(18-2)7-5-4-6-8-13/h3-8H2,1-2H3,(H3,14,15,16,17). The number of methoxy groups -OCH3 is 1. The van der Waals surface area contributed by atoms with E-state index in [9.17, 15) is 4.79 Å². The second-order valence-electron chi connectivity index (χ2n) is 4.89. The normalized spacial score (nSPS) is 18.8. The summed E-state index contributed by atoms with van der Waals surface area (Å²) in [7, 11) is 1.68. The van der Waals surface area contributed by atoms with Gasteiger partial charge in [0, 0.05) is 7.11 Å². The van der Waals surface area contributed by atoms with E-state index >= 15 is 0 Å². The molecule has 0 spiro atoms. The number of nitrogens with one attached hydrogen (secondary N) is 1. The molecule has 1 aromatic rings. The molecule has 0 amide bonds. The van der Waals surface area contributed by atoms with Crippen molar-refractivity contribution in [2.45, 2.75) is 51.0 Å². The highest BCUT2D eigenvalue weighted by Gasteiger charge is 2.36. The number of H-pyrrole nitrogens is 1. The SMILES string of the molecule is CCc1c(N)nc(C2(OC)CCCCC2)[nH]c1=O. The fourth-order valence-corrected chi connectivity index (χ4v) is 2.73. The van der Waals surface area contributed by atoms with Gasteiger partial charge in [-0.1, -0.05) is 26.2 Å². The van der Waals surface area contributed by atoms with Crippen LogP contribution in [-0.4, -0.2) is 17.1 Å². The molecule has 0 bridgehead atoms. The minimum Gasteiger partial charge on any atom is -0.383 e. The molecule has 2 rings (SSSR count). The third-order valence-corrected chi connectivity index (χ3v) is 3.88. The largest absolute Gasteiger partial charge is 0.383 e. The Hall–Kier alpha value is -1.36. The summed E-state index contributed by atoms with van der Waals surface area (Å²) in [5.74, 6) is 0.919. The molecule has 0 aliphatic heterocycles. The molecule has 3 N–H and O–H groups in total. The highest BCUT2D eigenvalue weighted by Crippen LogP contribution is 2.38. The fraction of sp³-hybridized carbons (Fsp3) is 0.692. The summed E-state index contributed by atoms with van der Waals surface area (Å²) in [5.41, 5.74) is 5.83. The lowest BCUT2D eigenvalue weighted by Crippen LogP contribution is -2.36. The highest BCUT2D eigenvalue weighted by atomic mass is 16.5. The number of nitrogens with zero attached hydrogens (tertiary/aromatic N) is 1. The molecular formula is C13H21N3O2. The molecule has 0 unspecified atom stereocenters. The van der Waals surface area contributed by atoms with Crippen molar-refractivity contribution >= 4 is 5.82 Å². The maximum atomic E-state index is 12.0. The average Bonchev–Trinajstić information content (AvgIpc) is 2.39. The second kappa shape index (κ2) is 5.10. The first-order chi connectivity index (χ1) is 8.63. The third kappa shape index (κ3) is 2.14. The Morgan fingerprint density at radius 3 is 2.56 bits per heavy atom. The summed E-state index contributed by atoms with van der Waals surface area (Å²) in [6.45, 7) is 1.90. The zero-order chi connectivity index (χ0) is 13.2. The zero-order valence-corrected chi connectivity index (χ0v) is 11.1. The number of nitrogen functional groups attached to an aromatic ring is 1. The molecule has 1 aliphatic rings. The number of ether oxygens (including phenoxy) is 1. The Labute approximate surface area is 107 Å².